The third-order valence-electron chi connectivity index (χ3n) is 3.88. The summed E-state index contributed by atoms with van der Waals surface area (Å²) in [6, 6.07) is 15.3. The first-order valence-electron chi connectivity index (χ1n) is 7.57. The molecule has 0 saturated heterocycles. The molecule has 2 rings (SSSR count). The van der Waals surface area contributed by atoms with Crippen molar-refractivity contribution < 1.29 is 9.53 Å². The van der Waals surface area contributed by atoms with Gasteiger partial charge in [0.1, 0.15) is 5.75 Å². The van der Waals surface area contributed by atoms with Gasteiger partial charge in [0.15, 0.2) is 0 Å². The average molecular weight is 332 g/mol. The number of amides is 1. The van der Waals surface area contributed by atoms with Crippen LogP contribution < -0.4 is 10.1 Å². The molecule has 0 unspecified atom stereocenters. The number of ether oxygens (including phenoxy) is 1. The van der Waals surface area contributed by atoms with Crippen LogP contribution in [-0.4, -0.2) is 19.6 Å². The third kappa shape index (κ3) is 4.73. The number of nitrogens with one attached hydrogen (secondary N) is 1. The van der Waals surface area contributed by atoms with Crippen LogP contribution in [0.2, 0.25) is 5.02 Å². The van der Waals surface area contributed by atoms with E-state index in [1.807, 2.05) is 48.5 Å². The van der Waals surface area contributed by atoms with E-state index in [1.54, 1.807) is 7.11 Å². The first kappa shape index (κ1) is 17.4. The van der Waals surface area contributed by atoms with Crippen molar-refractivity contribution in [1.82, 2.24) is 5.32 Å². The highest BCUT2D eigenvalue weighted by Gasteiger charge is 2.22. The molecule has 2 aromatic carbocycles. The Morgan fingerprint density at radius 1 is 1.17 bits per heavy atom. The topological polar surface area (TPSA) is 38.3 Å². The summed E-state index contributed by atoms with van der Waals surface area (Å²) in [5.41, 5.74) is 1.79. The molecule has 1 N–H and O–H groups in total. The predicted octanol–water partition coefficient (Wildman–Crippen LogP) is 3.99. The molecular formula is C19H22ClNO2. The summed E-state index contributed by atoms with van der Waals surface area (Å²) in [6.45, 7) is 4.71. The maximum Gasteiger partial charge on any atom is 0.224 e. The van der Waals surface area contributed by atoms with E-state index in [0.717, 1.165) is 16.9 Å². The van der Waals surface area contributed by atoms with E-state index in [9.17, 15) is 4.79 Å². The molecule has 0 aliphatic heterocycles. The molecule has 3 nitrogen and oxygen atoms in total. The van der Waals surface area contributed by atoms with Gasteiger partial charge >= 0.3 is 0 Å². The first-order chi connectivity index (χ1) is 10.9. The molecule has 0 heterocycles. The molecule has 0 atom stereocenters. The van der Waals surface area contributed by atoms with Crippen molar-refractivity contribution in [2.75, 3.05) is 13.7 Å². The zero-order valence-corrected chi connectivity index (χ0v) is 14.5. The van der Waals surface area contributed by atoms with Gasteiger partial charge < -0.3 is 10.1 Å². The fourth-order valence-corrected chi connectivity index (χ4v) is 2.61. The van der Waals surface area contributed by atoms with Crippen LogP contribution in [-0.2, 0) is 16.6 Å². The minimum Gasteiger partial charge on any atom is -0.496 e. The molecule has 0 radical (unpaired) electrons. The van der Waals surface area contributed by atoms with Crippen molar-refractivity contribution in [3.05, 3.63) is 64.7 Å². The predicted molar refractivity (Wildman–Crippen MR) is 94.2 cm³/mol. The van der Waals surface area contributed by atoms with E-state index in [4.69, 9.17) is 16.3 Å². The lowest BCUT2D eigenvalue weighted by molar-refractivity contribution is -0.120. The number of hydrogen-bond donors (Lipinski definition) is 1. The van der Waals surface area contributed by atoms with E-state index in [0.29, 0.717) is 18.0 Å². The Hall–Kier alpha value is -2.00. The molecule has 0 fully saturated rings. The van der Waals surface area contributed by atoms with Crippen molar-refractivity contribution in [2.45, 2.75) is 25.7 Å². The summed E-state index contributed by atoms with van der Waals surface area (Å²) in [6.07, 6.45) is 0.301. The van der Waals surface area contributed by atoms with Gasteiger partial charge in [0, 0.05) is 22.5 Å². The Morgan fingerprint density at radius 2 is 1.91 bits per heavy atom. The van der Waals surface area contributed by atoms with E-state index in [2.05, 4.69) is 19.2 Å². The van der Waals surface area contributed by atoms with Gasteiger partial charge in [-0.3, -0.25) is 4.79 Å². The van der Waals surface area contributed by atoms with Crippen LogP contribution in [0.4, 0.5) is 0 Å². The number of carbonyl (C=O) groups is 1. The Morgan fingerprint density at radius 3 is 2.61 bits per heavy atom. The molecule has 0 aliphatic rings. The van der Waals surface area contributed by atoms with Crippen molar-refractivity contribution in [3.63, 3.8) is 0 Å². The van der Waals surface area contributed by atoms with Crippen LogP contribution in [0.15, 0.2) is 48.5 Å². The third-order valence-corrected chi connectivity index (χ3v) is 4.11. The van der Waals surface area contributed by atoms with Gasteiger partial charge in [-0.2, -0.15) is 0 Å². The number of halogens is 1. The number of para-hydroxylation sites is 1. The lowest BCUT2D eigenvalue weighted by Crippen LogP contribution is -2.37. The van der Waals surface area contributed by atoms with Gasteiger partial charge in [-0.25, -0.2) is 0 Å². The Kier molecular flexibility index (Phi) is 5.67. The van der Waals surface area contributed by atoms with Crippen LogP contribution in [0.1, 0.15) is 25.0 Å². The molecule has 0 aliphatic carbocycles. The summed E-state index contributed by atoms with van der Waals surface area (Å²) in [4.78, 5) is 12.2. The van der Waals surface area contributed by atoms with Crippen molar-refractivity contribution in [2.24, 2.45) is 0 Å². The largest absolute Gasteiger partial charge is 0.496 e. The lowest BCUT2D eigenvalue weighted by atomic mass is 9.84. The number of methoxy groups -OCH3 is 1. The van der Waals surface area contributed by atoms with Crippen LogP contribution in [0.25, 0.3) is 0 Å². The smallest absolute Gasteiger partial charge is 0.224 e. The Bertz CT molecular complexity index is 683. The SMILES string of the molecule is COc1ccccc1CC(=O)NCC(C)(C)c1cccc(Cl)c1. The summed E-state index contributed by atoms with van der Waals surface area (Å²) >= 11 is 6.05. The zero-order chi connectivity index (χ0) is 16.9. The molecule has 0 saturated carbocycles. The van der Waals surface area contributed by atoms with Crippen LogP contribution in [0.3, 0.4) is 0 Å². The Balaban J connectivity index is 1.98. The number of benzene rings is 2. The van der Waals surface area contributed by atoms with Crippen LogP contribution >= 0.6 is 11.6 Å². The first-order valence-corrected chi connectivity index (χ1v) is 7.95. The fourth-order valence-electron chi connectivity index (χ4n) is 2.42. The molecule has 0 bridgehead atoms. The maximum atomic E-state index is 12.2. The van der Waals surface area contributed by atoms with Gasteiger partial charge in [-0.15, -0.1) is 0 Å². The minimum atomic E-state index is -0.193. The maximum absolute atomic E-state index is 12.2. The number of hydrogen-bond acceptors (Lipinski definition) is 2. The van der Waals surface area contributed by atoms with Crippen molar-refractivity contribution in [1.29, 1.82) is 0 Å². The monoisotopic (exact) mass is 331 g/mol. The normalized spacial score (nSPS) is 11.1. The van der Waals surface area contributed by atoms with E-state index in [-0.39, 0.29) is 11.3 Å². The zero-order valence-electron chi connectivity index (χ0n) is 13.7. The van der Waals surface area contributed by atoms with Crippen molar-refractivity contribution >= 4 is 17.5 Å². The quantitative estimate of drug-likeness (QED) is 0.869. The Labute approximate surface area is 142 Å². The van der Waals surface area contributed by atoms with Gasteiger partial charge in [0.2, 0.25) is 5.91 Å². The molecule has 23 heavy (non-hydrogen) atoms. The second-order valence-corrected chi connectivity index (χ2v) is 6.60. The fraction of sp³-hybridized carbons (Fsp3) is 0.316. The second kappa shape index (κ2) is 7.51. The molecular weight excluding hydrogens is 310 g/mol. The van der Waals surface area contributed by atoms with Crippen LogP contribution in [0, 0.1) is 0 Å². The van der Waals surface area contributed by atoms with Crippen molar-refractivity contribution in [3.8, 4) is 5.75 Å². The highest BCUT2D eigenvalue weighted by molar-refractivity contribution is 6.30. The number of rotatable bonds is 6. The average Bonchev–Trinajstić information content (AvgIpc) is 2.53. The minimum absolute atomic E-state index is 0.0235. The summed E-state index contributed by atoms with van der Waals surface area (Å²) in [5.74, 6) is 0.710. The van der Waals surface area contributed by atoms with E-state index < -0.39 is 0 Å². The lowest BCUT2D eigenvalue weighted by Gasteiger charge is -2.26. The number of carbonyl (C=O) groups excluding carboxylic acids is 1. The molecule has 4 heteroatoms. The summed E-state index contributed by atoms with van der Waals surface area (Å²) in [7, 11) is 1.61. The molecule has 0 spiro atoms. The highest BCUT2D eigenvalue weighted by Crippen LogP contribution is 2.25. The van der Waals surface area contributed by atoms with Crippen LogP contribution in [0.5, 0.6) is 5.75 Å². The second-order valence-electron chi connectivity index (χ2n) is 6.16. The van der Waals surface area contributed by atoms with Gasteiger partial charge in [-0.05, 0) is 23.8 Å². The molecule has 1 amide bonds. The van der Waals surface area contributed by atoms with Gasteiger partial charge in [0.25, 0.3) is 0 Å². The summed E-state index contributed by atoms with van der Waals surface area (Å²) < 4.78 is 5.28. The standard InChI is InChI=1S/C19H22ClNO2/c1-19(2,15-8-6-9-16(20)12-15)13-21-18(22)11-14-7-4-5-10-17(14)23-3/h4-10,12H,11,13H2,1-3H3,(H,21,22). The van der Waals surface area contributed by atoms with E-state index in [1.165, 1.54) is 0 Å². The highest BCUT2D eigenvalue weighted by atomic mass is 35.5. The van der Waals surface area contributed by atoms with E-state index >= 15 is 0 Å². The van der Waals surface area contributed by atoms with Gasteiger partial charge in [-0.1, -0.05) is 55.8 Å². The molecule has 2 aromatic rings. The molecule has 122 valence electrons. The summed E-state index contributed by atoms with van der Waals surface area (Å²) in [5, 5.41) is 3.71. The molecule has 0 aromatic heterocycles. The van der Waals surface area contributed by atoms with Gasteiger partial charge in [0.05, 0.1) is 13.5 Å².